The van der Waals surface area contributed by atoms with Gasteiger partial charge in [0.15, 0.2) is 0 Å². The summed E-state index contributed by atoms with van der Waals surface area (Å²) < 4.78 is 5.70. The molecule has 0 unspecified atom stereocenters. The molecule has 80 valence electrons. The number of benzene rings is 1. The van der Waals surface area contributed by atoms with Crippen LogP contribution in [0.5, 0.6) is 0 Å². The maximum absolute atomic E-state index is 5.70. The van der Waals surface area contributed by atoms with Crippen LogP contribution < -0.4 is 0 Å². The largest absolute Gasteiger partial charge is 0.374 e. The fraction of sp³-hybridized carbons (Fsp3) is 0.429. The Labute approximate surface area is 92.5 Å². The van der Waals surface area contributed by atoms with Crippen molar-refractivity contribution in [3.05, 3.63) is 35.9 Å². The van der Waals surface area contributed by atoms with Gasteiger partial charge in [-0.25, -0.2) is 0 Å². The Morgan fingerprint density at radius 3 is 2.53 bits per heavy atom. The summed E-state index contributed by atoms with van der Waals surface area (Å²) in [6, 6.07) is 10.2. The molecule has 0 fully saturated rings. The van der Waals surface area contributed by atoms with Crippen LogP contribution >= 0.6 is 0 Å². The van der Waals surface area contributed by atoms with Crippen molar-refractivity contribution in [2.75, 3.05) is 0 Å². The Morgan fingerprint density at radius 2 is 1.93 bits per heavy atom. The minimum absolute atomic E-state index is 0.219. The summed E-state index contributed by atoms with van der Waals surface area (Å²) in [5.74, 6) is 3.00. The topological polar surface area (TPSA) is 9.23 Å². The van der Waals surface area contributed by atoms with Crippen LogP contribution in [0.3, 0.4) is 0 Å². The van der Waals surface area contributed by atoms with Gasteiger partial charge in [0.2, 0.25) is 0 Å². The first kappa shape index (κ1) is 11.8. The molecule has 0 aromatic heterocycles. The first-order valence-electron chi connectivity index (χ1n) is 5.34. The Kier molecular flexibility index (Phi) is 4.93. The van der Waals surface area contributed by atoms with Crippen LogP contribution in [0.1, 0.15) is 25.8 Å². The molecule has 0 aliphatic rings. The number of rotatable bonds is 5. The lowest BCUT2D eigenvalue weighted by atomic mass is 10.1. The van der Waals surface area contributed by atoms with Gasteiger partial charge in [-0.1, -0.05) is 37.3 Å². The molecule has 0 saturated carbocycles. The first-order chi connectivity index (χ1) is 7.22. The molecule has 0 saturated heterocycles. The monoisotopic (exact) mass is 202 g/mol. The lowest BCUT2D eigenvalue weighted by Gasteiger charge is -2.14. The summed E-state index contributed by atoms with van der Waals surface area (Å²) in [7, 11) is 0. The molecule has 0 N–H and O–H groups in total. The van der Waals surface area contributed by atoms with Crippen molar-refractivity contribution in [2.24, 2.45) is 5.92 Å². The second-order valence-corrected chi connectivity index (χ2v) is 3.91. The summed E-state index contributed by atoms with van der Waals surface area (Å²) >= 11 is 0. The average molecular weight is 202 g/mol. The number of hydrogen-bond acceptors (Lipinski definition) is 1. The zero-order chi connectivity index (χ0) is 11.1. The predicted molar refractivity (Wildman–Crippen MR) is 63.3 cm³/mol. The van der Waals surface area contributed by atoms with E-state index in [1.54, 1.807) is 0 Å². The highest BCUT2D eigenvalue weighted by atomic mass is 16.5. The summed E-state index contributed by atoms with van der Waals surface area (Å²) in [6.07, 6.45) is 6.46. The van der Waals surface area contributed by atoms with E-state index in [1.807, 2.05) is 25.1 Å². The van der Waals surface area contributed by atoms with E-state index in [1.165, 1.54) is 5.56 Å². The van der Waals surface area contributed by atoms with Gasteiger partial charge in [-0.2, -0.15) is 0 Å². The van der Waals surface area contributed by atoms with Crippen molar-refractivity contribution in [1.29, 1.82) is 0 Å². The van der Waals surface area contributed by atoms with E-state index in [0.717, 1.165) is 6.42 Å². The van der Waals surface area contributed by atoms with Crippen LogP contribution in [-0.2, 0) is 11.3 Å². The van der Waals surface area contributed by atoms with E-state index in [4.69, 9.17) is 11.2 Å². The average Bonchev–Trinajstić information content (AvgIpc) is 2.27. The smallest absolute Gasteiger partial charge is 0.0720 e. The van der Waals surface area contributed by atoms with Gasteiger partial charge in [-0.05, 0) is 18.9 Å². The fourth-order valence-electron chi connectivity index (χ4n) is 1.45. The van der Waals surface area contributed by atoms with Gasteiger partial charge in [0.1, 0.15) is 0 Å². The van der Waals surface area contributed by atoms with Crippen LogP contribution in [0, 0.1) is 18.3 Å². The van der Waals surface area contributed by atoms with Crippen molar-refractivity contribution in [3.63, 3.8) is 0 Å². The second-order valence-electron chi connectivity index (χ2n) is 3.91. The normalized spacial score (nSPS) is 14.2. The predicted octanol–water partition coefficient (Wildman–Crippen LogP) is 3.25. The Morgan fingerprint density at radius 1 is 1.27 bits per heavy atom. The van der Waals surface area contributed by atoms with Crippen LogP contribution in [-0.4, -0.2) is 6.10 Å². The lowest BCUT2D eigenvalue weighted by Crippen LogP contribution is -2.11. The van der Waals surface area contributed by atoms with E-state index in [0.29, 0.717) is 6.61 Å². The number of terminal acetylenes is 1. The van der Waals surface area contributed by atoms with Crippen LogP contribution in [0.15, 0.2) is 30.3 Å². The third-order valence-electron chi connectivity index (χ3n) is 2.35. The zero-order valence-corrected chi connectivity index (χ0v) is 9.44. The van der Waals surface area contributed by atoms with Crippen molar-refractivity contribution in [3.8, 4) is 12.3 Å². The Bertz CT molecular complexity index is 310. The molecule has 1 heteroatoms. The van der Waals surface area contributed by atoms with Gasteiger partial charge in [-0.3, -0.25) is 0 Å². The minimum Gasteiger partial charge on any atom is -0.374 e. The van der Waals surface area contributed by atoms with Gasteiger partial charge in [-0.15, -0.1) is 12.3 Å². The quantitative estimate of drug-likeness (QED) is 0.666. The van der Waals surface area contributed by atoms with E-state index in [9.17, 15) is 0 Å². The zero-order valence-electron chi connectivity index (χ0n) is 9.44. The minimum atomic E-state index is 0.219. The van der Waals surface area contributed by atoms with Gasteiger partial charge >= 0.3 is 0 Å². The summed E-state index contributed by atoms with van der Waals surface area (Å²) in [5.41, 5.74) is 1.21. The first-order valence-corrected chi connectivity index (χ1v) is 5.34. The fourth-order valence-corrected chi connectivity index (χ4v) is 1.45. The molecule has 0 radical (unpaired) electrons. The van der Waals surface area contributed by atoms with Crippen molar-refractivity contribution >= 4 is 0 Å². The molecule has 1 rings (SSSR count). The highest BCUT2D eigenvalue weighted by molar-refractivity contribution is 5.13. The van der Waals surface area contributed by atoms with Gasteiger partial charge in [0, 0.05) is 5.92 Å². The van der Waals surface area contributed by atoms with E-state index >= 15 is 0 Å². The number of ether oxygens (including phenoxy) is 1. The number of hydrogen-bond donors (Lipinski definition) is 0. The molecule has 1 aromatic carbocycles. The van der Waals surface area contributed by atoms with Crippen molar-refractivity contribution in [1.82, 2.24) is 0 Å². The molecular formula is C14H18O. The summed E-state index contributed by atoms with van der Waals surface area (Å²) in [6.45, 7) is 4.78. The molecule has 0 aliphatic carbocycles. The van der Waals surface area contributed by atoms with Gasteiger partial charge in [0.25, 0.3) is 0 Å². The summed E-state index contributed by atoms with van der Waals surface area (Å²) in [4.78, 5) is 0. The third kappa shape index (κ3) is 4.67. The van der Waals surface area contributed by atoms with E-state index in [-0.39, 0.29) is 12.0 Å². The maximum atomic E-state index is 5.70. The molecule has 0 bridgehead atoms. The SMILES string of the molecule is C#C[C@@H](C)C[C@H](C)OCc1ccccc1. The molecule has 0 amide bonds. The molecule has 1 aromatic rings. The van der Waals surface area contributed by atoms with E-state index in [2.05, 4.69) is 25.0 Å². The van der Waals surface area contributed by atoms with Crippen LogP contribution in [0.4, 0.5) is 0 Å². The standard InChI is InChI=1S/C14H18O/c1-4-12(2)10-13(3)15-11-14-8-6-5-7-9-14/h1,5-9,12-13H,10-11H2,2-3H3/t12-,13+/m1/s1. The maximum Gasteiger partial charge on any atom is 0.0720 e. The van der Waals surface area contributed by atoms with Crippen LogP contribution in [0.25, 0.3) is 0 Å². The van der Waals surface area contributed by atoms with E-state index < -0.39 is 0 Å². The molecular weight excluding hydrogens is 184 g/mol. The molecule has 0 spiro atoms. The van der Waals surface area contributed by atoms with Gasteiger partial charge < -0.3 is 4.74 Å². The van der Waals surface area contributed by atoms with Gasteiger partial charge in [0.05, 0.1) is 12.7 Å². The Balaban J connectivity index is 2.29. The van der Waals surface area contributed by atoms with Crippen molar-refractivity contribution < 1.29 is 4.74 Å². The summed E-state index contributed by atoms with van der Waals surface area (Å²) in [5, 5.41) is 0. The highest BCUT2D eigenvalue weighted by Gasteiger charge is 2.06. The molecule has 15 heavy (non-hydrogen) atoms. The third-order valence-corrected chi connectivity index (χ3v) is 2.35. The highest BCUT2D eigenvalue weighted by Crippen LogP contribution is 2.10. The lowest BCUT2D eigenvalue weighted by molar-refractivity contribution is 0.0424. The Hall–Kier alpha value is -1.26. The molecule has 2 atom stereocenters. The molecule has 0 aliphatic heterocycles. The molecule has 0 heterocycles. The van der Waals surface area contributed by atoms with Crippen molar-refractivity contribution in [2.45, 2.75) is 33.0 Å². The second kappa shape index (κ2) is 6.27. The van der Waals surface area contributed by atoms with Crippen LogP contribution in [0.2, 0.25) is 0 Å². The molecule has 1 nitrogen and oxygen atoms in total.